The lowest BCUT2D eigenvalue weighted by molar-refractivity contribution is 0.159. The zero-order chi connectivity index (χ0) is 13.2. The van der Waals surface area contributed by atoms with Gasteiger partial charge in [-0.15, -0.1) is 11.6 Å². The predicted molar refractivity (Wildman–Crippen MR) is 77.7 cm³/mol. The molecular weight excluding hydrogens is 244 g/mol. The van der Waals surface area contributed by atoms with E-state index in [1.54, 1.807) is 0 Å². The molecule has 2 heteroatoms. The molecule has 0 heterocycles. The summed E-state index contributed by atoms with van der Waals surface area (Å²) in [5.41, 5.74) is 1.53. The van der Waals surface area contributed by atoms with Crippen LogP contribution in [0.15, 0.2) is 24.3 Å². The lowest BCUT2D eigenvalue weighted by Crippen LogP contribution is -2.30. The Morgan fingerprint density at radius 1 is 1.06 bits per heavy atom. The SMILES string of the molecule is CC(C)(C)c1ccc(OC2CCCCC2Cl)cc1. The van der Waals surface area contributed by atoms with Crippen LogP contribution in [0.25, 0.3) is 0 Å². The summed E-state index contributed by atoms with van der Waals surface area (Å²) in [5.74, 6) is 0.945. The van der Waals surface area contributed by atoms with Gasteiger partial charge < -0.3 is 4.74 Å². The fraction of sp³-hybridized carbons (Fsp3) is 0.625. The van der Waals surface area contributed by atoms with Crippen molar-refractivity contribution in [3.63, 3.8) is 0 Å². The molecule has 0 aromatic heterocycles. The molecule has 1 nitrogen and oxygen atoms in total. The van der Waals surface area contributed by atoms with Crippen LogP contribution in [0.5, 0.6) is 5.75 Å². The van der Waals surface area contributed by atoms with Crippen molar-refractivity contribution in [1.29, 1.82) is 0 Å². The van der Waals surface area contributed by atoms with E-state index in [0.29, 0.717) is 0 Å². The molecule has 0 amide bonds. The highest BCUT2D eigenvalue weighted by Gasteiger charge is 2.24. The second kappa shape index (κ2) is 5.52. The van der Waals surface area contributed by atoms with E-state index in [1.807, 2.05) is 0 Å². The smallest absolute Gasteiger partial charge is 0.119 e. The van der Waals surface area contributed by atoms with Gasteiger partial charge in [-0.1, -0.05) is 39.3 Å². The maximum Gasteiger partial charge on any atom is 0.119 e. The van der Waals surface area contributed by atoms with Crippen LogP contribution in [0.3, 0.4) is 0 Å². The Morgan fingerprint density at radius 3 is 2.22 bits per heavy atom. The minimum atomic E-state index is 0.168. The zero-order valence-electron chi connectivity index (χ0n) is 11.6. The van der Waals surface area contributed by atoms with Crippen LogP contribution in [0.2, 0.25) is 0 Å². The van der Waals surface area contributed by atoms with Crippen LogP contribution >= 0.6 is 11.6 Å². The lowest BCUT2D eigenvalue weighted by atomic mass is 9.87. The Kier molecular flexibility index (Phi) is 4.21. The van der Waals surface area contributed by atoms with Crippen LogP contribution in [-0.2, 0) is 5.41 Å². The Morgan fingerprint density at radius 2 is 1.67 bits per heavy atom. The minimum absolute atomic E-state index is 0.168. The Hall–Kier alpha value is -0.690. The highest BCUT2D eigenvalue weighted by Crippen LogP contribution is 2.29. The van der Waals surface area contributed by atoms with Gasteiger partial charge in [-0.25, -0.2) is 0 Å². The minimum Gasteiger partial charge on any atom is -0.489 e. The van der Waals surface area contributed by atoms with Gasteiger partial charge in [0.15, 0.2) is 0 Å². The number of rotatable bonds is 2. The lowest BCUT2D eigenvalue weighted by Gasteiger charge is -2.28. The third-order valence-electron chi connectivity index (χ3n) is 3.63. The van der Waals surface area contributed by atoms with Crippen molar-refractivity contribution in [1.82, 2.24) is 0 Å². The van der Waals surface area contributed by atoms with E-state index >= 15 is 0 Å². The fourth-order valence-electron chi connectivity index (χ4n) is 2.39. The van der Waals surface area contributed by atoms with Crippen LogP contribution < -0.4 is 4.74 Å². The van der Waals surface area contributed by atoms with Crippen molar-refractivity contribution in [3.8, 4) is 5.75 Å². The molecule has 1 aliphatic carbocycles. The maximum atomic E-state index is 6.31. The van der Waals surface area contributed by atoms with Gasteiger partial charge in [0.05, 0.1) is 5.38 Å². The van der Waals surface area contributed by atoms with E-state index in [1.165, 1.54) is 18.4 Å². The Bertz CT molecular complexity index is 377. The average Bonchev–Trinajstić information content (AvgIpc) is 2.32. The molecule has 0 saturated heterocycles. The van der Waals surface area contributed by atoms with Crippen LogP contribution in [0.4, 0.5) is 0 Å². The second-order valence-corrected chi connectivity index (χ2v) is 6.79. The molecule has 18 heavy (non-hydrogen) atoms. The number of ether oxygens (including phenoxy) is 1. The first kappa shape index (κ1) is 13.7. The van der Waals surface area contributed by atoms with Crippen molar-refractivity contribution in [2.75, 3.05) is 0 Å². The summed E-state index contributed by atoms with van der Waals surface area (Å²) in [4.78, 5) is 0. The first-order valence-electron chi connectivity index (χ1n) is 6.88. The summed E-state index contributed by atoms with van der Waals surface area (Å²) in [6.07, 6.45) is 4.80. The molecular formula is C16H23ClO. The Balaban J connectivity index is 2.02. The molecule has 0 radical (unpaired) electrons. The summed E-state index contributed by atoms with van der Waals surface area (Å²) in [7, 11) is 0. The van der Waals surface area contributed by atoms with Crippen molar-refractivity contribution >= 4 is 11.6 Å². The molecule has 0 N–H and O–H groups in total. The molecule has 0 aliphatic heterocycles. The molecule has 1 aliphatic rings. The number of hydrogen-bond donors (Lipinski definition) is 0. The highest BCUT2D eigenvalue weighted by atomic mass is 35.5. The molecule has 0 spiro atoms. The first-order chi connectivity index (χ1) is 8.47. The monoisotopic (exact) mass is 266 g/mol. The number of hydrogen-bond acceptors (Lipinski definition) is 1. The average molecular weight is 267 g/mol. The molecule has 1 aromatic carbocycles. The fourth-order valence-corrected chi connectivity index (χ4v) is 2.72. The van der Waals surface area contributed by atoms with Gasteiger partial charge in [0.25, 0.3) is 0 Å². The van der Waals surface area contributed by atoms with E-state index in [4.69, 9.17) is 16.3 Å². The van der Waals surface area contributed by atoms with E-state index in [-0.39, 0.29) is 16.9 Å². The summed E-state index contributed by atoms with van der Waals surface area (Å²) in [6.45, 7) is 6.66. The molecule has 2 rings (SSSR count). The van der Waals surface area contributed by atoms with Gasteiger partial charge in [0.2, 0.25) is 0 Å². The molecule has 100 valence electrons. The number of alkyl halides is 1. The van der Waals surface area contributed by atoms with Crippen LogP contribution in [-0.4, -0.2) is 11.5 Å². The van der Waals surface area contributed by atoms with E-state index in [0.717, 1.165) is 18.6 Å². The summed E-state index contributed by atoms with van der Waals surface area (Å²) < 4.78 is 6.00. The summed E-state index contributed by atoms with van der Waals surface area (Å²) in [5, 5.41) is 0.168. The molecule has 2 unspecified atom stereocenters. The quantitative estimate of drug-likeness (QED) is 0.691. The number of benzene rings is 1. The van der Waals surface area contributed by atoms with Crippen molar-refractivity contribution in [2.24, 2.45) is 0 Å². The van der Waals surface area contributed by atoms with Crippen molar-refractivity contribution < 1.29 is 4.74 Å². The topological polar surface area (TPSA) is 9.23 Å². The van der Waals surface area contributed by atoms with Crippen molar-refractivity contribution in [3.05, 3.63) is 29.8 Å². The van der Waals surface area contributed by atoms with Gasteiger partial charge >= 0.3 is 0 Å². The van der Waals surface area contributed by atoms with Crippen molar-refractivity contribution in [2.45, 2.75) is 63.4 Å². The zero-order valence-corrected chi connectivity index (χ0v) is 12.3. The molecule has 2 atom stereocenters. The maximum absolute atomic E-state index is 6.31. The highest BCUT2D eigenvalue weighted by molar-refractivity contribution is 6.21. The molecule has 0 bridgehead atoms. The second-order valence-electron chi connectivity index (χ2n) is 6.23. The van der Waals surface area contributed by atoms with Gasteiger partial charge in [0, 0.05) is 0 Å². The number of halogens is 1. The largest absolute Gasteiger partial charge is 0.489 e. The van der Waals surface area contributed by atoms with Gasteiger partial charge in [0.1, 0.15) is 11.9 Å². The summed E-state index contributed by atoms with van der Waals surface area (Å²) in [6, 6.07) is 8.44. The summed E-state index contributed by atoms with van der Waals surface area (Å²) >= 11 is 6.31. The van der Waals surface area contributed by atoms with Gasteiger partial charge in [-0.3, -0.25) is 0 Å². The van der Waals surface area contributed by atoms with Gasteiger partial charge in [-0.05, 0) is 42.4 Å². The molecule has 1 aromatic rings. The van der Waals surface area contributed by atoms with E-state index < -0.39 is 0 Å². The Labute approximate surface area is 115 Å². The third-order valence-corrected chi connectivity index (χ3v) is 4.13. The van der Waals surface area contributed by atoms with Gasteiger partial charge in [-0.2, -0.15) is 0 Å². The standard InChI is InChI=1S/C16H23ClO/c1-16(2,3)12-8-10-13(11-9-12)18-15-7-5-4-6-14(15)17/h8-11,14-15H,4-7H2,1-3H3. The van der Waals surface area contributed by atoms with E-state index in [9.17, 15) is 0 Å². The van der Waals surface area contributed by atoms with Crippen LogP contribution in [0, 0.1) is 0 Å². The van der Waals surface area contributed by atoms with E-state index in [2.05, 4.69) is 45.0 Å². The first-order valence-corrected chi connectivity index (χ1v) is 7.32. The predicted octanol–water partition coefficient (Wildman–Crippen LogP) is 4.91. The third kappa shape index (κ3) is 3.41. The molecule has 1 fully saturated rings. The normalized spacial score (nSPS) is 24.9. The van der Waals surface area contributed by atoms with Crippen LogP contribution in [0.1, 0.15) is 52.0 Å². The molecule has 1 saturated carbocycles.